The normalized spacial score (nSPS) is 43.0. The Morgan fingerprint density at radius 1 is 1.32 bits per heavy atom. The highest BCUT2D eigenvalue weighted by Crippen LogP contribution is 2.51. The Bertz CT molecular complexity index is 595. The number of fused-ring (bicyclic) bond motifs is 1. The lowest BCUT2D eigenvalue weighted by atomic mass is 9.57. The van der Waals surface area contributed by atoms with E-state index >= 15 is 0 Å². The highest BCUT2D eigenvalue weighted by atomic mass is 16.5. The van der Waals surface area contributed by atoms with Crippen molar-refractivity contribution in [2.45, 2.75) is 84.7 Å². The van der Waals surface area contributed by atoms with E-state index < -0.39 is 5.60 Å². The highest BCUT2D eigenvalue weighted by molar-refractivity contribution is 5.66. The van der Waals surface area contributed by atoms with Crippen LogP contribution in [-0.4, -0.2) is 59.5 Å². The van der Waals surface area contributed by atoms with Crippen LogP contribution in [0.3, 0.4) is 0 Å². The Labute approximate surface area is 170 Å². The van der Waals surface area contributed by atoms with Crippen molar-refractivity contribution in [3.05, 3.63) is 11.6 Å². The molecule has 0 spiro atoms. The molecule has 5 heteroatoms. The molecule has 3 rings (SSSR count). The standard InChI is InChI=1S/C23H39NO4/c1-14-9-21-20(15(2)11-24-12-17(4)27-18(5)13-24)8-7-16(3)23(21,26)10-22(14)28-19(6)25/h9,15-18,20-22,26H,7-8,10-13H2,1-6H3/t15-,16-,17-,18+,20+,21-,22-,23-/m1/s1. The lowest BCUT2D eigenvalue weighted by Gasteiger charge is -2.53. The first-order chi connectivity index (χ1) is 13.1. The quantitative estimate of drug-likeness (QED) is 0.586. The van der Waals surface area contributed by atoms with Crippen LogP contribution in [0.4, 0.5) is 0 Å². The van der Waals surface area contributed by atoms with E-state index in [1.165, 1.54) is 6.92 Å². The van der Waals surface area contributed by atoms with Gasteiger partial charge in [0.2, 0.25) is 0 Å². The van der Waals surface area contributed by atoms with E-state index in [2.05, 4.69) is 38.7 Å². The van der Waals surface area contributed by atoms with Crippen LogP contribution in [0.1, 0.15) is 60.8 Å². The molecule has 8 atom stereocenters. The van der Waals surface area contributed by atoms with E-state index in [-0.39, 0.29) is 36.1 Å². The van der Waals surface area contributed by atoms with Gasteiger partial charge in [-0.05, 0) is 56.9 Å². The first-order valence-corrected chi connectivity index (χ1v) is 11.1. The number of carbonyl (C=O) groups is 1. The van der Waals surface area contributed by atoms with Crippen molar-refractivity contribution in [3.8, 4) is 0 Å². The van der Waals surface area contributed by atoms with Crippen molar-refractivity contribution in [1.29, 1.82) is 0 Å². The summed E-state index contributed by atoms with van der Waals surface area (Å²) in [5.41, 5.74) is 0.298. The maximum Gasteiger partial charge on any atom is 0.303 e. The van der Waals surface area contributed by atoms with Crippen LogP contribution < -0.4 is 0 Å². The topological polar surface area (TPSA) is 59.0 Å². The summed E-state index contributed by atoms with van der Waals surface area (Å²) in [6.07, 6.45) is 5.18. The van der Waals surface area contributed by atoms with Crippen LogP contribution in [0.15, 0.2) is 11.6 Å². The predicted octanol–water partition coefficient (Wildman–Crippen LogP) is 3.41. The van der Waals surface area contributed by atoms with Gasteiger partial charge in [-0.15, -0.1) is 0 Å². The zero-order chi connectivity index (χ0) is 20.6. The lowest BCUT2D eigenvalue weighted by molar-refractivity contribution is -0.160. The third-order valence-corrected chi connectivity index (χ3v) is 7.37. The van der Waals surface area contributed by atoms with E-state index in [0.717, 1.165) is 38.0 Å². The minimum absolute atomic E-state index is 0.133. The molecule has 2 aliphatic carbocycles. The molecule has 0 aromatic carbocycles. The third-order valence-electron chi connectivity index (χ3n) is 7.37. The number of morpholine rings is 1. The van der Waals surface area contributed by atoms with Gasteiger partial charge in [0.25, 0.3) is 0 Å². The van der Waals surface area contributed by atoms with Crippen LogP contribution in [-0.2, 0) is 14.3 Å². The van der Waals surface area contributed by atoms with Crippen molar-refractivity contribution in [1.82, 2.24) is 4.90 Å². The van der Waals surface area contributed by atoms with Gasteiger partial charge in [0.05, 0.1) is 17.8 Å². The third kappa shape index (κ3) is 4.47. The summed E-state index contributed by atoms with van der Waals surface area (Å²) in [4.78, 5) is 14.0. The minimum Gasteiger partial charge on any atom is -0.458 e. The van der Waals surface area contributed by atoms with E-state index in [9.17, 15) is 9.90 Å². The van der Waals surface area contributed by atoms with Crippen LogP contribution >= 0.6 is 0 Å². The van der Waals surface area contributed by atoms with Gasteiger partial charge in [-0.2, -0.15) is 0 Å². The van der Waals surface area contributed by atoms with Gasteiger partial charge in [-0.1, -0.05) is 19.9 Å². The number of ether oxygens (including phenoxy) is 2. The summed E-state index contributed by atoms with van der Waals surface area (Å²) >= 11 is 0. The average Bonchev–Trinajstić information content (AvgIpc) is 2.56. The highest BCUT2D eigenvalue weighted by Gasteiger charge is 2.52. The van der Waals surface area contributed by atoms with Gasteiger partial charge in [0.1, 0.15) is 6.10 Å². The molecule has 0 aromatic heterocycles. The van der Waals surface area contributed by atoms with Crippen LogP contribution in [0.5, 0.6) is 0 Å². The first-order valence-electron chi connectivity index (χ1n) is 11.1. The van der Waals surface area contributed by atoms with Gasteiger partial charge in [-0.25, -0.2) is 0 Å². The molecule has 0 unspecified atom stereocenters. The van der Waals surface area contributed by atoms with Gasteiger partial charge < -0.3 is 14.6 Å². The number of carbonyl (C=O) groups excluding carboxylic acids is 1. The molecule has 0 aromatic rings. The first kappa shape index (κ1) is 21.8. The SMILES string of the molecule is CC(=O)O[C@@H]1C[C@@]2(O)[C@H](C)CC[C@@H]([C@H](C)CN3C[C@@H](C)O[C@@H](C)C3)[C@H]2C=C1C. The molecule has 3 aliphatic rings. The van der Waals surface area contributed by atoms with Crippen molar-refractivity contribution >= 4 is 5.97 Å². The van der Waals surface area contributed by atoms with Gasteiger partial charge in [-0.3, -0.25) is 9.69 Å². The van der Waals surface area contributed by atoms with E-state index in [1.54, 1.807) is 0 Å². The molecule has 28 heavy (non-hydrogen) atoms. The molecule has 1 heterocycles. The Balaban J connectivity index is 1.76. The number of rotatable bonds is 4. The molecule has 1 saturated heterocycles. The van der Waals surface area contributed by atoms with E-state index in [4.69, 9.17) is 9.47 Å². The second-order valence-electron chi connectivity index (χ2n) is 9.83. The predicted molar refractivity (Wildman–Crippen MR) is 110 cm³/mol. The van der Waals surface area contributed by atoms with Crippen LogP contribution in [0.2, 0.25) is 0 Å². The largest absolute Gasteiger partial charge is 0.458 e. The summed E-state index contributed by atoms with van der Waals surface area (Å²) in [6, 6.07) is 0. The molecule has 160 valence electrons. The summed E-state index contributed by atoms with van der Waals surface area (Å²) in [5, 5.41) is 11.7. The summed E-state index contributed by atoms with van der Waals surface area (Å²) < 4.78 is 11.4. The molecular weight excluding hydrogens is 354 g/mol. The average molecular weight is 394 g/mol. The van der Waals surface area contributed by atoms with Gasteiger partial charge >= 0.3 is 5.97 Å². The summed E-state index contributed by atoms with van der Waals surface area (Å²) in [5.74, 6) is 1.02. The number of aliphatic hydroxyl groups is 1. The molecule has 1 aliphatic heterocycles. The zero-order valence-electron chi connectivity index (χ0n) is 18.5. The molecule has 0 amide bonds. The monoisotopic (exact) mass is 393 g/mol. The Morgan fingerprint density at radius 2 is 1.96 bits per heavy atom. The molecule has 0 radical (unpaired) electrons. The molecule has 2 fully saturated rings. The fourth-order valence-corrected chi connectivity index (χ4v) is 5.97. The number of hydrogen-bond donors (Lipinski definition) is 1. The van der Waals surface area contributed by atoms with E-state index in [1.807, 2.05) is 6.92 Å². The Morgan fingerprint density at radius 3 is 2.57 bits per heavy atom. The fourth-order valence-electron chi connectivity index (χ4n) is 5.97. The minimum atomic E-state index is -0.789. The van der Waals surface area contributed by atoms with Crippen LogP contribution in [0, 0.1) is 23.7 Å². The van der Waals surface area contributed by atoms with Crippen molar-refractivity contribution in [2.75, 3.05) is 19.6 Å². The van der Waals surface area contributed by atoms with Gasteiger partial charge in [0.15, 0.2) is 0 Å². The number of nitrogens with zero attached hydrogens (tertiary/aromatic N) is 1. The fraction of sp³-hybridized carbons (Fsp3) is 0.870. The van der Waals surface area contributed by atoms with E-state index in [0.29, 0.717) is 18.3 Å². The summed E-state index contributed by atoms with van der Waals surface area (Å²) in [6.45, 7) is 15.3. The maximum atomic E-state index is 11.7. The van der Waals surface area contributed by atoms with Crippen molar-refractivity contribution in [2.24, 2.45) is 23.7 Å². The second kappa shape index (κ2) is 8.45. The maximum absolute atomic E-state index is 11.7. The van der Waals surface area contributed by atoms with Crippen LogP contribution in [0.25, 0.3) is 0 Å². The molecule has 0 bridgehead atoms. The van der Waals surface area contributed by atoms with Crippen molar-refractivity contribution in [3.63, 3.8) is 0 Å². The zero-order valence-corrected chi connectivity index (χ0v) is 18.5. The lowest BCUT2D eigenvalue weighted by Crippen LogP contribution is -2.56. The Hall–Kier alpha value is -0.910. The second-order valence-corrected chi connectivity index (χ2v) is 9.83. The van der Waals surface area contributed by atoms with Crippen molar-refractivity contribution < 1.29 is 19.4 Å². The summed E-state index contributed by atoms with van der Waals surface area (Å²) in [7, 11) is 0. The molecular formula is C23H39NO4. The smallest absolute Gasteiger partial charge is 0.303 e. The number of esters is 1. The molecule has 1 N–H and O–H groups in total. The van der Waals surface area contributed by atoms with Gasteiger partial charge in [0, 0.05) is 38.9 Å². The Kier molecular flexibility index (Phi) is 6.58. The molecule has 1 saturated carbocycles. The number of hydrogen-bond acceptors (Lipinski definition) is 5. The molecule has 5 nitrogen and oxygen atoms in total.